The molecule has 0 bridgehead atoms. The molecular formula is C14H19Cl3N2O. The number of hydrogen-bond donors (Lipinski definition) is 2. The van der Waals surface area contributed by atoms with Crippen LogP contribution in [-0.2, 0) is 4.79 Å². The van der Waals surface area contributed by atoms with Crippen molar-refractivity contribution in [2.24, 2.45) is 5.92 Å². The van der Waals surface area contributed by atoms with Gasteiger partial charge in [-0.2, -0.15) is 0 Å². The highest BCUT2D eigenvalue weighted by molar-refractivity contribution is 6.42. The average molecular weight is 338 g/mol. The van der Waals surface area contributed by atoms with E-state index in [1.807, 2.05) is 19.1 Å². The summed E-state index contributed by atoms with van der Waals surface area (Å²) >= 11 is 12.2. The number of amides is 1. The molecule has 1 fully saturated rings. The Morgan fingerprint density at radius 2 is 2.10 bits per heavy atom. The fraction of sp³-hybridized carbons (Fsp3) is 0.500. The summed E-state index contributed by atoms with van der Waals surface area (Å²) in [6.07, 6.45) is 0.854. The Morgan fingerprint density at radius 1 is 1.35 bits per heavy atom. The van der Waals surface area contributed by atoms with E-state index in [9.17, 15) is 4.79 Å². The zero-order chi connectivity index (χ0) is 13.8. The highest BCUT2D eigenvalue weighted by atomic mass is 35.5. The molecular weight excluding hydrogens is 319 g/mol. The number of carbonyl (C=O) groups excluding carboxylic acids is 1. The predicted octanol–water partition coefficient (Wildman–Crippen LogP) is 3.24. The van der Waals surface area contributed by atoms with Gasteiger partial charge >= 0.3 is 0 Å². The van der Waals surface area contributed by atoms with Gasteiger partial charge in [0.2, 0.25) is 5.91 Å². The lowest BCUT2D eigenvalue weighted by atomic mass is 10.1. The second kappa shape index (κ2) is 8.08. The Bertz CT molecular complexity index is 468. The van der Waals surface area contributed by atoms with Gasteiger partial charge in [0, 0.05) is 19.0 Å². The van der Waals surface area contributed by atoms with Gasteiger partial charge in [0.15, 0.2) is 0 Å². The van der Waals surface area contributed by atoms with Gasteiger partial charge in [-0.25, -0.2) is 0 Å². The summed E-state index contributed by atoms with van der Waals surface area (Å²) in [5.74, 6) is 0.363. The van der Waals surface area contributed by atoms with Crippen LogP contribution in [0.1, 0.15) is 24.8 Å². The predicted molar refractivity (Wildman–Crippen MR) is 86.1 cm³/mol. The van der Waals surface area contributed by atoms with Gasteiger partial charge in [-0.1, -0.05) is 42.3 Å². The van der Waals surface area contributed by atoms with Crippen molar-refractivity contribution in [3.05, 3.63) is 33.8 Å². The molecule has 1 aliphatic carbocycles. The van der Waals surface area contributed by atoms with Crippen LogP contribution in [0.2, 0.25) is 10.0 Å². The normalized spacial score (nSPS) is 20.1. The average Bonchev–Trinajstić information content (AvgIpc) is 3.18. The third-order valence-electron chi connectivity index (χ3n) is 3.36. The molecule has 1 aromatic rings. The fourth-order valence-corrected chi connectivity index (χ4v) is 2.67. The highest BCUT2D eigenvalue weighted by Gasteiger charge is 2.44. The Labute approximate surface area is 135 Å². The molecule has 1 amide bonds. The molecule has 6 heteroatoms. The molecule has 0 aromatic heterocycles. The number of carbonyl (C=O) groups is 1. The fourth-order valence-electron chi connectivity index (χ4n) is 2.22. The lowest BCUT2D eigenvalue weighted by molar-refractivity contribution is -0.122. The van der Waals surface area contributed by atoms with E-state index in [0.717, 1.165) is 25.1 Å². The van der Waals surface area contributed by atoms with Gasteiger partial charge in [-0.15, -0.1) is 12.4 Å². The third kappa shape index (κ3) is 4.26. The zero-order valence-electron chi connectivity index (χ0n) is 11.3. The highest BCUT2D eigenvalue weighted by Crippen LogP contribution is 2.50. The van der Waals surface area contributed by atoms with Crippen molar-refractivity contribution in [3.63, 3.8) is 0 Å². The van der Waals surface area contributed by atoms with Crippen LogP contribution >= 0.6 is 35.6 Å². The minimum absolute atomic E-state index is 0. The van der Waals surface area contributed by atoms with Crippen LogP contribution in [0.3, 0.4) is 0 Å². The summed E-state index contributed by atoms with van der Waals surface area (Å²) in [7, 11) is 0. The minimum atomic E-state index is 0. The van der Waals surface area contributed by atoms with Crippen molar-refractivity contribution in [2.45, 2.75) is 19.3 Å². The van der Waals surface area contributed by atoms with E-state index >= 15 is 0 Å². The second-order valence-electron chi connectivity index (χ2n) is 4.74. The van der Waals surface area contributed by atoms with Crippen molar-refractivity contribution >= 4 is 41.5 Å². The van der Waals surface area contributed by atoms with E-state index < -0.39 is 0 Å². The van der Waals surface area contributed by atoms with Crippen molar-refractivity contribution in [2.75, 3.05) is 19.6 Å². The molecule has 112 valence electrons. The topological polar surface area (TPSA) is 41.1 Å². The molecule has 2 rings (SSSR count). The van der Waals surface area contributed by atoms with Crippen LogP contribution in [0, 0.1) is 5.92 Å². The maximum absolute atomic E-state index is 11.9. The summed E-state index contributed by atoms with van der Waals surface area (Å²) in [6.45, 7) is 4.43. The first-order valence-corrected chi connectivity index (χ1v) is 7.33. The maximum atomic E-state index is 11.9. The number of halogens is 3. The first-order valence-electron chi connectivity index (χ1n) is 6.57. The lowest BCUT2D eigenvalue weighted by Gasteiger charge is -2.07. The molecule has 20 heavy (non-hydrogen) atoms. The monoisotopic (exact) mass is 336 g/mol. The Hall–Kier alpha value is -0.480. The molecule has 2 N–H and O–H groups in total. The molecule has 0 radical (unpaired) electrons. The molecule has 2 unspecified atom stereocenters. The molecule has 0 aliphatic heterocycles. The summed E-state index contributed by atoms with van der Waals surface area (Å²) in [4.78, 5) is 11.9. The second-order valence-corrected chi connectivity index (χ2v) is 5.52. The smallest absolute Gasteiger partial charge is 0.223 e. The van der Waals surface area contributed by atoms with Gasteiger partial charge in [-0.3, -0.25) is 4.79 Å². The van der Waals surface area contributed by atoms with Crippen LogP contribution in [0.4, 0.5) is 0 Å². The molecule has 3 nitrogen and oxygen atoms in total. The molecule has 1 aliphatic rings. The van der Waals surface area contributed by atoms with Gasteiger partial charge in [0.25, 0.3) is 0 Å². The molecule has 1 aromatic carbocycles. The van der Waals surface area contributed by atoms with E-state index in [2.05, 4.69) is 10.6 Å². The van der Waals surface area contributed by atoms with E-state index in [1.165, 1.54) is 0 Å². The van der Waals surface area contributed by atoms with Crippen molar-refractivity contribution in [3.8, 4) is 0 Å². The summed E-state index contributed by atoms with van der Waals surface area (Å²) < 4.78 is 0. The van der Waals surface area contributed by atoms with Gasteiger partial charge in [-0.05, 0) is 30.5 Å². The van der Waals surface area contributed by atoms with Crippen molar-refractivity contribution < 1.29 is 4.79 Å². The van der Waals surface area contributed by atoms with Crippen LogP contribution in [0.25, 0.3) is 0 Å². The number of likely N-dealkylation sites (N-methyl/N-ethyl adjacent to an activating group) is 1. The Balaban J connectivity index is 0.00000200. The van der Waals surface area contributed by atoms with Crippen molar-refractivity contribution in [1.82, 2.24) is 10.6 Å². The molecule has 0 saturated heterocycles. The maximum Gasteiger partial charge on any atom is 0.223 e. The number of hydrogen-bond acceptors (Lipinski definition) is 2. The Morgan fingerprint density at radius 3 is 2.80 bits per heavy atom. The quantitative estimate of drug-likeness (QED) is 0.782. The number of benzene rings is 1. The third-order valence-corrected chi connectivity index (χ3v) is 4.19. The van der Waals surface area contributed by atoms with Crippen molar-refractivity contribution in [1.29, 1.82) is 0 Å². The first-order chi connectivity index (χ1) is 9.15. The minimum Gasteiger partial charge on any atom is -0.355 e. The van der Waals surface area contributed by atoms with E-state index in [1.54, 1.807) is 6.07 Å². The largest absolute Gasteiger partial charge is 0.355 e. The van der Waals surface area contributed by atoms with Gasteiger partial charge in [0.1, 0.15) is 0 Å². The summed E-state index contributed by atoms with van der Waals surface area (Å²) in [5, 5.41) is 7.24. The van der Waals surface area contributed by atoms with E-state index in [4.69, 9.17) is 23.2 Å². The van der Waals surface area contributed by atoms with Crippen LogP contribution in [0.15, 0.2) is 18.2 Å². The summed E-state index contributed by atoms with van der Waals surface area (Å²) in [6, 6.07) is 5.59. The molecule has 2 atom stereocenters. The SMILES string of the molecule is CCNCCNC(=O)C1CC1c1cccc(Cl)c1Cl.Cl. The number of nitrogens with one attached hydrogen (secondary N) is 2. The van der Waals surface area contributed by atoms with Crippen LogP contribution in [0.5, 0.6) is 0 Å². The lowest BCUT2D eigenvalue weighted by Crippen LogP contribution is -2.32. The van der Waals surface area contributed by atoms with E-state index in [0.29, 0.717) is 16.6 Å². The molecule has 1 saturated carbocycles. The molecule has 0 spiro atoms. The van der Waals surface area contributed by atoms with Gasteiger partial charge < -0.3 is 10.6 Å². The van der Waals surface area contributed by atoms with Crippen LogP contribution in [-0.4, -0.2) is 25.5 Å². The zero-order valence-corrected chi connectivity index (χ0v) is 13.6. The number of rotatable bonds is 6. The van der Waals surface area contributed by atoms with Crippen LogP contribution < -0.4 is 10.6 Å². The van der Waals surface area contributed by atoms with Gasteiger partial charge in [0.05, 0.1) is 10.0 Å². The Kier molecular flexibility index (Phi) is 7.10. The molecule has 0 heterocycles. The summed E-state index contributed by atoms with van der Waals surface area (Å²) in [5.41, 5.74) is 0.987. The standard InChI is InChI=1S/C14H18Cl2N2O.ClH/c1-2-17-6-7-18-14(19)11-8-10(11)9-4-3-5-12(15)13(9)16;/h3-5,10-11,17H,2,6-8H2,1H3,(H,18,19);1H. The first kappa shape index (κ1) is 17.6. The van der Waals surface area contributed by atoms with E-state index in [-0.39, 0.29) is 30.2 Å².